The van der Waals surface area contributed by atoms with E-state index in [1.165, 1.54) is 12.2 Å². The Labute approximate surface area is 153 Å². The van der Waals surface area contributed by atoms with Crippen LogP contribution in [-0.2, 0) is 4.79 Å². The molecule has 2 aliphatic rings. The molecule has 9 heteroatoms. The largest absolute Gasteiger partial charge is 0.493 e. The lowest BCUT2D eigenvalue weighted by Gasteiger charge is -2.23. The first-order valence-corrected chi connectivity index (χ1v) is 9.75. The SMILES string of the molecule is COc1cc2c(cc1OCCCC(=O)O)N(O)C1PC1CCCNC2=O. The molecule has 0 aromatic heterocycles. The first-order valence-electron chi connectivity index (χ1n) is 8.60. The van der Waals surface area contributed by atoms with Crippen molar-refractivity contribution < 1.29 is 29.4 Å². The van der Waals surface area contributed by atoms with Crippen LogP contribution in [0.1, 0.15) is 36.0 Å². The second-order valence-electron chi connectivity index (χ2n) is 6.33. The van der Waals surface area contributed by atoms with E-state index in [-0.39, 0.29) is 24.7 Å². The molecule has 3 rings (SSSR count). The minimum Gasteiger partial charge on any atom is -0.493 e. The molecule has 8 nitrogen and oxygen atoms in total. The summed E-state index contributed by atoms with van der Waals surface area (Å²) in [5, 5.41) is 23.4. The van der Waals surface area contributed by atoms with E-state index >= 15 is 0 Å². The number of benzene rings is 1. The fraction of sp³-hybridized carbons (Fsp3) is 0.529. The number of hydrogen-bond donors (Lipinski definition) is 3. The minimum absolute atomic E-state index is 0.00661. The molecule has 3 N–H and O–H groups in total. The molecule has 1 saturated heterocycles. The average Bonchev–Trinajstić information content (AvgIpc) is 3.40. The molecule has 3 unspecified atom stereocenters. The Kier molecular flexibility index (Phi) is 5.84. The second-order valence-corrected chi connectivity index (χ2v) is 7.99. The molecule has 0 saturated carbocycles. The summed E-state index contributed by atoms with van der Waals surface area (Å²) in [6.07, 6.45) is 2.23. The molecule has 0 aliphatic carbocycles. The summed E-state index contributed by atoms with van der Waals surface area (Å²) < 4.78 is 11.0. The Morgan fingerprint density at radius 3 is 2.96 bits per heavy atom. The maximum Gasteiger partial charge on any atom is 0.303 e. The summed E-state index contributed by atoms with van der Waals surface area (Å²) >= 11 is 0. The highest BCUT2D eigenvalue weighted by Gasteiger charge is 2.43. The van der Waals surface area contributed by atoms with E-state index < -0.39 is 5.97 Å². The third-order valence-corrected chi connectivity index (χ3v) is 6.10. The summed E-state index contributed by atoms with van der Waals surface area (Å²) in [6, 6.07) is 3.15. The molecule has 3 atom stereocenters. The van der Waals surface area contributed by atoms with Gasteiger partial charge in [-0.2, -0.15) is 0 Å². The number of carbonyl (C=O) groups excluding carboxylic acids is 1. The number of carboxylic acid groups (broad SMARTS) is 1. The lowest BCUT2D eigenvalue weighted by molar-refractivity contribution is -0.137. The van der Waals surface area contributed by atoms with E-state index in [4.69, 9.17) is 14.6 Å². The Hall–Kier alpha value is -2.05. The third kappa shape index (κ3) is 4.19. The van der Waals surface area contributed by atoms with Gasteiger partial charge in [0.05, 0.1) is 30.8 Å². The predicted octanol–water partition coefficient (Wildman–Crippen LogP) is 2.04. The first-order chi connectivity index (χ1) is 12.5. The number of methoxy groups -OCH3 is 1. The van der Waals surface area contributed by atoms with Crippen LogP contribution < -0.4 is 19.9 Å². The van der Waals surface area contributed by atoms with Crippen molar-refractivity contribution in [2.24, 2.45) is 0 Å². The maximum atomic E-state index is 12.5. The molecule has 1 aromatic carbocycles. The highest BCUT2D eigenvalue weighted by Crippen LogP contribution is 2.54. The van der Waals surface area contributed by atoms with Gasteiger partial charge in [0.25, 0.3) is 5.91 Å². The molecule has 0 spiro atoms. The van der Waals surface area contributed by atoms with Crippen molar-refractivity contribution in [2.75, 3.05) is 25.3 Å². The summed E-state index contributed by atoms with van der Waals surface area (Å²) in [7, 11) is 2.11. The normalized spacial score (nSPS) is 22.8. The van der Waals surface area contributed by atoms with Crippen molar-refractivity contribution >= 4 is 26.1 Å². The molecule has 26 heavy (non-hydrogen) atoms. The molecule has 1 amide bonds. The zero-order valence-electron chi connectivity index (χ0n) is 14.5. The number of amides is 1. The molecule has 2 heterocycles. The van der Waals surface area contributed by atoms with Crippen LogP contribution in [0.2, 0.25) is 0 Å². The number of hydroxylamine groups is 1. The van der Waals surface area contributed by atoms with Crippen LogP contribution in [0.15, 0.2) is 12.1 Å². The molecule has 0 radical (unpaired) electrons. The molecule has 0 bridgehead atoms. The molecule has 2 aliphatic heterocycles. The quantitative estimate of drug-likeness (QED) is 0.510. The van der Waals surface area contributed by atoms with E-state index in [0.717, 1.165) is 12.8 Å². The van der Waals surface area contributed by atoms with E-state index in [1.807, 2.05) is 0 Å². The summed E-state index contributed by atoms with van der Waals surface area (Å²) in [6.45, 7) is 0.806. The third-order valence-electron chi connectivity index (χ3n) is 4.46. The summed E-state index contributed by atoms with van der Waals surface area (Å²) in [4.78, 5) is 23.1. The predicted molar refractivity (Wildman–Crippen MR) is 97.1 cm³/mol. The van der Waals surface area contributed by atoms with Crippen molar-refractivity contribution in [3.05, 3.63) is 17.7 Å². The van der Waals surface area contributed by atoms with Crippen molar-refractivity contribution in [3.8, 4) is 11.5 Å². The minimum atomic E-state index is -0.884. The number of carboxylic acids is 1. The Bertz CT molecular complexity index is 698. The summed E-state index contributed by atoms with van der Waals surface area (Å²) in [5.41, 5.74) is 1.17. The number of hydrogen-bond acceptors (Lipinski definition) is 6. The van der Waals surface area contributed by atoms with Crippen LogP contribution in [0.25, 0.3) is 0 Å². The number of nitrogens with zero attached hydrogens (tertiary/aromatic N) is 1. The molecular weight excluding hydrogens is 359 g/mol. The number of rotatable bonds is 6. The van der Waals surface area contributed by atoms with Crippen LogP contribution in [0.5, 0.6) is 11.5 Å². The molecule has 1 aromatic rings. The van der Waals surface area contributed by atoms with Gasteiger partial charge in [-0.05, 0) is 25.3 Å². The van der Waals surface area contributed by atoms with E-state index in [1.54, 1.807) is 12.1 Å². The topological polar surface area (TPSA) is 108 Å². The van der Waals surface area contributed by atoms with Crippen molar-refractivity contribution in [1.82, 2.24) is 5.32 Å². The highest BCUT2D eigenvalue weighted by atomic mass is 31.1. The average molecular weight is 382 g/mol. The van der Waals surface area contributed by atoms with Crippen LogP contribution >= 0.6 is 8.58 Å². The smallest absolute Gasteiger partial charge is 0.303 e. The van der Waals surface area contributed by atoms with Gasteiger partial charge in [-0.15, -0.1) is 0 Å². The Balaban J connectivity index is 1.87. The van der Waals surface area contributed by atoms with Gasteiger partial charge in [-0.3, -0.25) is 14.8 Å². The van der Waals surface area contributed by atoms with Crippen LogP contribution in [0.3, 0.4) is 0 Å². The number of carbonyl (C=O) groups is 2. The lowest BCUT2D eigenvalue weighted by Crippen LogP contribution is -2.31. The van der Waals surface area contributed by atoms with Gasteiger partial charge < -0.3 is 19.9 Å². The highest BCUT2D eigenvalue weighted by molar-refractivity contribution is 7.49. The van der Waals surface area contributed by atoms with Crippen LogP contribution in [0, 0.1) is 0 Å². The van der Waals surface area contributed by atoms with Gasteiger partial charge in [0.15, 0.2) is 11.5 Å². The van der Waals surface area contributed by atoms with Crippen molar-refractivity contribution in [1.29, 1.82) is 0 Å². The van der Waals surface area contributed by atoms with Crippen molar-refractivity contribution in [2.45, 2.75) is 37.1 Å². The zero-order valence-corrected chi connectivity index (χ0v) is 15.5. The lowest BCUT2D eigenvalue weighted by atomic mass is 10.1. The second kappa shape index (κ2) is 8.10. The van der Waals surface area contributed by atoms with Gasteiger partial charge in [0.2, 0.25) is 0 Å². The van der Waals surface area contributed by atoms with Gasteiger partial charge in [0, 0.05) is 24.7 Å². The van der Waals surface area contributed by atoms with Crippen LogP contribution in [-0.4, -0.2) is 53.9 Å². The Morgan fingerprint density at radius 2 is 2.23 bits per heavy atom. The van der Waals surface area contributed by atoms with Gasteiger partial charge in [0.1, 0.15) is 0 Å². The maximum absolute atomic E-state index is 12.5. The van der Waals surface area contributed by atoms with Gasteiger partial charge in [-0.25, -0.2) is 5.06 Å². The monoisotopic (exact) mass is 382 g/mol. The number of aliphatic carboxylic acids is 1. The first kappa shape index (κ1) is 18.7. The number of nitrogens with one attached hydrogen (secondary N) is 1. The van der Waals surface area contributed by atoms with Gasteiger partial charge >= 0.3 is 5.97 Å². The molecule has 142 valence electrons. The van der Waals surface area contributed by atoms with Crippen molar-refractivity contribution in [3.63, 3.8) is 0 Å². The van der Waals surface area contributed by atoms with E-state index in [0.29, 0.717) is 50.0 Å². The fourth-order valence-electron chi connectivity index (χ4n) is 3.01. The summed E-state index contributed by atoms with van der Waals surface area (Å²) in [5.74, 6) is -0.370. The molecule has 1 fully saturated rings. The Morgan fingerprint density at radius 1 is 1.42 bits per heavy atom. The number of fused-ring (bicyclic) bond motifs is 2. The fourth-order valence-corrected chi connectivity index (χ4v) is 4.30. The van der Waals surface area contributed by atoms with Crippen LogP contribution in [0.4, 0.5) is 5.69 Å². The van der Waals surface area contributed by atoms with E-state index in [2.05, 4.69) is 5.32 Å². The molecular formula is C17H23N2O6P. The zero-order chi connectivity index (χ0) is 18.7. The standard InChI is InChI=1S/C17H23N2O6P/c1-24-12-8-10-11(9-13(12)25-7-3-5-15(20)21)19(23)17-14(26-17)4-2-6-18-16(10)22/h8-9,14,17,23,26H,2-7H2,1H3,(H,18,22)(H,20,21). The number of ether oxygens (including phenoxy) is 2. The number of anilines is 1. The van der Waals surface area contributed by atoms with E-state index in [9.17, 15) is 14.8 Å². The van der Waals surface area contributed by atoms with Gasteiger partial charge in [-0.1, -0.05) is 8.58 Å².